The van der Waals surface area contributed by atoms with Crippen LogP contribution >= 0.6 is 0 Å². The molecule has 0 N–H and O–H groups in total. The first-order chi connectivity index (χ1) is 4.43. The predicted molar refractivity (Wildman–Crippen MR) is 40.8 cm³/mol. The van der Waals surface area contributed by atoms with Gasteiger partial charge in [-0.2, -0.15) is 0 Å². The molecule has 1 aromatic rings. The van der Waals surface area contributed by atoms with Crippen LogP contribution in [-0.4, -0.2) is 0 Å². The SMILES string of the molecule is [CH2-]C=Cc1ccccc1.[Pd+2]. The van der Waals surface area contributed by atoms with E-state index >= 15 is 0 Å². The average Bonchev–Trinajstić information content (AvgIpc) is 1.91. The van der Waals surface area contributed by atoms with Gasteiger partial charge in [0.05, 0.1) is 0 Å². The fourth-order valence-corrected chi connectivity index (χ4v) is 0.700. The first-order valence-electron chi connectivity index (χ1n) is 2.94. The third kappa shape index (κ3) is 2.87. The topological polar surface area (TPSA) is 0 Å². The fraction of sp³-hybridized carbons (Fsp3) is 0. The summed E-state index contributed by atoms with van der Waals surface area (Å²) in [7, 11) is 0. The van der Waals surface area contributed by atoms with Gasteiger partial charge in [0.25, 0.3) is 0 Å². The monoisotopic (exact) mass is 223 g/mol. The van der Waals surface area contributed by atoms with Crippen molar-refractivity contribution in [3.8, 4) is 0 Å². The second kappa shape index (κ2) is 5.29. The van der Waals surface area contributed by atoms with Gasteiger partial charge in [0.1, 0.15) is 0 Å². The molecule has 0 fully saturated rings. The van der Waals surface area contributed by atoms with Gasteiger partial charge in [0.15, 0.2) is 0 Å². The number of allylic oxidation sites excluding steroid dienone is 1. The van der Waals surface area contributed by atoms with Gasteiger partial charge < -0.3 is 0 Å². The summed E-state index contributed by atoms with van der Waals surface area (Å²) in [6, 6.07) is 10.1. The molecule has 1 heteroatoms. The summed E-state index contributed by atoms with van der Waals surface area (Å²) < 4.78 is 0. The van der Waals surface area contributed by atoms with Crippen LogP contribution in [0.3, 0.4) is 0 Å². The van der Waals surface area contributed by atoms with Crippen LogP contribution in [0.2, 0.25) is 0 Å². The van der Waals surface area contributed by atoms with Crippen LogP contribution in [0, 0.1) is 6.92 Å². The zero-order valence-electron chi connectivity index (χ0n) is 5.56. The molecular formula is C9H9Pd+. The number of rotatable bonds is 1. The molecule has 0 saturated heterocycles. The summed E-state index contributed by atoms with van der Waals surface area (Å²) in [5.41, 5.74) is 1.20. The van der Waals surface area contributed by atoms with Crippen LogP contribution < -0.4 is 0 Å². The molecule has 0 bridgehead atoms. The van der Waals surface area contributed by atoms with Crippen molar-refractivity contribution in [1.29, 1.82) is 0 Å². The van der Waals surface area contributed by atoms with Crippen molar-refractivity contribution in [1.82, 2.24) is 0 Å². The Morgan fingerprint density at radius 3 is 2.20 bits per heavy atom. The normalized spacial score (nSPS) is 9.20. The Kier molecular flexibility index (Phi) is 5.02. The Hall–Kier alpha value is -0.508. The molecule has 0 heterocycles. The van der Waals surface area contributed by atoms with Crippen molar-refractivity contribution in [3.05, 3.63) is 48.9 Å². The van der Waals surface area contributed by atoms with E-state index in [1.54, 1.807) is 6.08 Å². The van der Waals surface area contributed by atoms with Gasteiger partial charge in [-0.1, -0.05) is 30.3 Å². The van der Waals surface area contributed by atoms with Crippen LogP contribution in [0.4, 0.5) is 0 Å². The fourth-order valence-electron chi connectivity index (χ4n) is 0.700. The average molecular weight is 224 g/mol. The molecule has 0 aliphatic rings. The van der Waals surface area contributed by atoms with Crippen LogP contribution in [0.1, 0.15) is 5.56 Å². The third-order valence-corrected chi connectivity index (χ3v) is 1.11. The number of hydrogen-bond donors (Lipinski definition) is 0. The predicted octanol–water partition coefficient (Wildman–Crippen LogP) is 2.53. The minimum Gasteiger partial charge on any atom is -0.245 e. The van der Waals surface area contributed by atoms with E-state index in [0.29, 0.717) is 0 Å². The number of hydrogen-bond acceptors (Lipinski definition) is 0. The minimum absolute atomic E-state index is 0. The molecule has 10 heavy (non-hydrogen) atoms. The number of benzene rings is 1. The minimum atomic E-state index is 0. The van der Waals surface area contributed by atoms with Crippen LogP contribution in [0.25, 0.3) is 6.08 Å². The van der Waals surface area contributed by atoms with Crippen molar-refractivity contribution in [2.24, 2.45) is 0 Å². The second-order valence-corrected chi connectivity index (χ2v) is 1.81. The zero-order chi connectivity index (χ0) is 6.53. The molecule has 0 amide bonds. The Morgan fingerprint density at radius 2 is 1.70 bits per heavy atom. The van der Waals surface area contributed by atoms with Gasteiger partial charge in [-0.25, -0.2) is 19.1 Å². The van der Waals surface area contributed by atoms with Crippen molar-refractivity contribution in [3.63, 3.8) is 0 Å². The smallest absolute Gasteiger partial charge is 0.245 e. The van der Waals surface area contributed by atoms with Gasteiger partial charge >= 0.3 is 20.4 Å². The Balaban J connectivity index is 0.000000810. The molecule has 0 aromatic heterocycles. The maximum absolute atomic E-state index is 3.60. The quantitative estimate of drug-likeness (QED) is 0.507. The van der Waals surface area contributed by atoms with Crippen molar-refractivity contribution in [2.75, 3.05) is 0 Å². The van der Waals surface area contributed by atoms with E-state index in [4.69, 9.17) is 0 Å². The molecule has 1 aromatic carbocycles. The molecule has 0 radical (unpaired) electrons. The van der Waals surface area contributed by atoms with E-state index < -0.39 is 0 Å². The first-order valence-corrected chi connectivity index (χ1v) is 2.94. The Bertz CT molecular complexity index is 189. The van der Waals surface area contributed by atoms with Gasteiger partial charge in [-0.05, 0) is 0 Å². The van der Waals surface area contributed by atoms with Crippen LogP contribution in [0.15, 0.2) is 36.4 Å². The zero-order valence-corrected chi connectivity index (χ0v) is 7.12. The summed E-state index contributed by atoms with van der Waals surface area (Å²) in [6.07, 6.45) is 3.76. The second-order valence-electron chi connectivity index (χ2n) is 1.81. The summed E-state index contributed by atoms with van der Waals surface area (Å²) >= 11 is 0. The molecule has 1 rings (SSSR count). The molecule has 0 aliphatic heterocycles. The largest absolute Gasteiger partial charge is 2.00 e. The van der Waals surface area contributed by atoms with E-state index in [0.717, 1.165) is 0 Å². The maximum Gasteiger partial charge on any atom is 2.00 e. The van der Waals surface area contributed by atoms with Crippen molar-refractivity contribution < 1.29 is 20.4 Å². The van der Waals surface area contributed by atoms with Gasteiger partial charge in [-0.15, -0.1) is 5.56 Å². The molecule has 0 atom stereocenters. The third-order valence-electron chi connectivity index (χ3n) is 1.11. The Morgan fingerprint density at radius 1 is 1.10 bits per heavy atom. The van der Waals surface area contributed by atoms with Gasteiger partial charge in [-0.3, -0.25) is 0 Å². The summed E-state index contributed by atoms with van der Waals surface area (Å²) in [6.45, 7) is 3.60. The Labute approximate surface area is 75.6 Å². The van der Waals surface area contributed by atoms with Gasteiger partial charge in [0, 0.05) is 0 Å². The van der Waals surface area contributed by atoms with E-state index in [-0.39, 0.29) is 20.4 Å². The van der Waals surface area contributed by atoms with Crippen molar-refractivity contribution >= 4 is 6.08 Å². The maximum atomic E-state index is 3.60. The molecule has 54 valence electrons. The van der Waals surface area contributed by atoms with E-state index in [2.05, 4.69) is 6.92 Å². The van der Waals surface area contributed by atoms with Crippen molar-refractivity contribution in [2.45, 2.75) is 0 Å². The molecule has 0 spiro atoms. The molecular weight excluding hydrogens is 215 g/mol. The van der Waals surface area contributed by atoms with E-state index in [1.807, 2.05) is 36.4 Å². The van der Waals surface area contributed by atoms with E-state index in [9.17, 15) is 0 Å². The first kappa shape index (κ1) is 9.49. The standard InChI is InChI=1S/C9H9.Pd/c1-2-6-9-7-4-3-5-8-9;/h2-8H,1H2;/q-1;+2. The summed E-state index contributed by atoms with van der Waals surface area (Å²) in [5, 5.41) is 0. The van der Waals surface area contributed by atoms with Gasteiger partial charge in [0.2, 0.25) is 0 Å². The van der Waals surface area contributed by atoms with E-state index in [1.165, 1.54) is 5.56 Å². The molecule has 0 saturated carbocycles. The molecule has 0 aliphatic carbocycles. The summed E-state index contributed by atoms with van der Waals surface area (Å²) in [5.74, 6) is 0. The van der Waals surface area contributed by atoms with Crippen LogP contribution in [0.5, 0.6) is 0 Å². The molecule has 0 unspecified atom stereocenters. The van der Waals surface area contributed by atoms with Crippen LogP contribution in [-0.2, 0) is 20.4 Å². The summed E-state index contributed by atoms with van der Waals surface area (Å²) in [4.78, 5) is 0. The molecule has 0 nitrogen and oxygen atoms in total.